The molecule has 0 aliphatic rings. The van der Waals surface area contributed by atoms with E-state index in [1.165, 1.54) is 4.68 Å². The molecule has 6 nitrogen and oxygen atoms in total. The van der Waals surface area contributed by atoms with E-state index >= 15 is 0 Å². The van der Waals surface area contributed by atoms with Crippen molar-refractivity contribution < 1.29 is 9.21 Å². The van der Waals surface area contributed by atoms with Crippen molar-refractivity contribution in [2.75, 3.05) is 0 Å². The lowest BCUT2D eigenvalue weighted by Crippen LogP contribution is -2.28. The van der Waals surface area contributed by atoms with Crippen LogP contribution in [0.25, 0.3) is 11.5 Å². The van der Waals surface area contributed by atoms with Gasteiger partial charge in [0.05, 0.1) is 6.20 Å². The fourth-order valence-corrected chi connectivity index (χ4v) is 2.05. The minimum absolute atomic E-state index is 0.343. The van der Waals surface area contributed by atoms with Crippen LogP contribution >= 0.6 is 0 Å². The van der Waals surface area contributed by atoms with Crippen LogP contribution in [0.2, 0.25) is 0 Å². The number of hydrogen-bond donors (Lipinski definition) is 1. The Labute approximate surface area is 117 Å². The van der Waals surface area contributed by atoms with E-state index in [2.05, 4.69) is 10.3 Å². The summed E-state index contributed by atoms with van der Waals surface area (Å²) in [4.78, 5) is 11.5. The van der Waals surface area contributed by atoms with Gasteiger partial charge in [0.25, 0.3) is 0 Å². The molecule has 2 N–H and O–H groups in total. The number of nitrogens with two attached hydrogens (primary N) is 1. The number of amides is 1. The SMILES string of the molecule is CCc1ccc(-c2cn([C@@H](CC(C)C)C(N)=O)nn2)o1. The molecule has 0 aromatic carbocycles. The summed E-state index contributed by atoms with van der Waals surface area (Å²) in [7, 11) is 0. The van der Waals surface area contributed by atoms with Gasteiger partial charge in [0.2, 0.25) is 5.91 Å². The largest absolute Gasteiger partial charge is 0.459 e. The molecule has 108 valence electrons. The molecule has 0 spiro atoms. The van der Waals surface area contributed by atoms with Crippen molar-refractivity contribution in [3.8, 4) is 11.5 Å². The van der Waals surface area contributed by atoms with Crippen LogP contribution in [0.1, 0.15) is 39.0 Å². The van der Waals surface area contributed by atoms with Gasteiger partial charge in [-0.15, -0.1) is 5.10 Å². The van der Waals surface area contributed by atoms with Crippen LogP contribution in [0.4, 0.5) is 0 Å². The molecule has 0 saturated carbocycles. The Morgan fingerprint density at radius 1 is 1.45 bits per heavy atom. The molecule has 20 heavy (non-hydrogen) atoms. The second kappa shape index (κ2) is 5.90. The van der Waals surface area contributed by atoms with Crippen LogP contribution in [0.5, 0.6) is 0 Å². The highest BCUT2D eigenvalue weighted by molar-refractivity contribution is 5.78. The smallest absolute Gasteiger partial charge is 0.242 e. The molecule has 2 aromatic heterocycles. The zero-order valence-electron chi connectivity index (χ0n) is 12.0. The minimum atomic E-state index is -0.475. The first-order valence-corrected chi connectivity index (χ1v) is 6.81. The van der Waals surface area contributed by atoms with E-state index in [4.69, 9.17) is 10.2 Å². The van der Waals surface area contributed by atoms with Gasteiger partial charge in [-0.3, -0.25) is 4.79 Å². The quantitative estimate of drug-likeness (QED) is 0.876. The third kappa shape index (κ3) is 3.07. The summed E-state index contributed by atoms with van der Waals surface area (Å²) in [6, 6.07) is 3.29. The lowest BCUT2D eigenvalue weighted by Gasteiger charge is -2.14. The summed E-state index contributed by atoms with van der Waals surface area (Å²) in [5.41, 5.74) is 6.05. The third-order valence-electron chi connectivity index (χ3n) is 3.12. The number of aromatic nitrogens is 3. The molecule has 0 radical (unpaired) electrons. The predicted octanol–water partition coefficient (Wildman–Crippen LogP) is 2.17. The van der Waals surface area contributed by atoms with Crippen molar-refractivity contribution in [1.29, 1.82) is 0 Å². The molecular formula is C14H20N4O2. The van der Waals surface area contributed by atoms with Crippen molar-refractivity contribution in [2.24, 2.45) is 11.7 Å². The Morgan fingerprint density at radius 3 is 2.75 bits per heavy atom. The van der Waals surface area contributed by atoms with Gasteiger partial charge in [-0.2, -0.15) is 0 Å². The van der Waals surface area contributed by atoms with Crippen LogP contribution in [0.3, 0.4) is 0 Å². The fourth-order valence-electron chi connectivity index (χ4n) is 2.05. The third-order valence-corrected chi connectivity index (χ3v) is 3.12. The number of nitrogens with zero attached hydrogens (tertiary/aromatic N) is 3. The molecule has 0 bridgehead atoms. The zero-order chi connectivity index (χ0) is 14.7. The number of rotatable bonds is 6. The van der Waals surface area contributed by atoms with Crippen LogP contribution in [-0.2, 0) is 11.2 Å². The van der Waals surface area contributed by atoms with Crippen LogP contribution in [0, 0.1) is 5.92 Å². The lowest BCUT2D eigenvalue weighted by atomic mass is 10.0. The summed E-state index contributed by atoms with van der Waals surface area (Å²) in [6.45, 7) is 6.09. The van der Waals surface area contributed by atoms with Gasteiger partial charge < -0.3 is 10.2 Å². The Balaban J connectivity index is 2.24. The normalized spacial score (nSPS) is 12.8. The van der Waals surface area contributed by atoms with Crippen molar-refractivity contribution >= 4 is 5.91 Å². The molecule has 6 heteroatoms. The average Bonchev–Trinajstić information content (AvgIpc) is 3.03. The topological polar surface area (TPSA) is 86.9 Å². The summed E-state index contributed by atoms with van der Waals surface area (Å²) in [5.74, 6) is 1.49. The molecular weight excluding hydrogens is 256 g/mol. The Morgan fingerprint density at radius 2 is 2.20 bits per heavy atom. The average molecular weight is 276 g/mol. The molecule has 2 aromatic rings. The number of carbonyl (C=O) groups excluding carboxylic acids is 1. The van der Waals surface area contributed by atoms with Crippen molar-refractivity contribution in [3.63, 3.8) is 0 Å². The number of furan rings is 1. The molecule has 1 amide bonds. The summed E-state index contributed by atoms with van der Waals surface area (Å²) in [5, 5.41) is 8.06. The van der Waals surface area contributed by atoms with E-state index in [0.717, 1.165) is 12.2 Å². The van der Waals surface area contributed by atoms with Crippen LogP contribution in [0.15, 0.2) is 22.7 Å². The molecule has 1 atom stereocenters. The molecule has 0 fully saturated rings. The van der Waals surface area contributed by atoms with Gasteiger partial charge in [-0.25, -0.2) is 4.68 Å². The Kier molecular flexibility index (Phi) is 4.22. The molecule has 0 aliphatic carbocycles. The Bertz CT molecular complexity index is 586. The highest BCUT2D eigenvalue weighted by atomic mass is 16.3. The number of primary amides is 1. The van der Waals surface area contributed by atoms with Gasteiger partial charge in [-0.1, -0.05) is 26.0 Å². The molecule has 0 saturated heterocycles. The van der Waals surface area contributed by atoms with Gasteiger partial charge in [-0.05, 0) is 24.5 Å². The van der Waals surface area contributed by atoms with Crippen molar-refractivity contribution in [3.05, 3.63) is 24.1 Å². The maximum absolute atomic E-state index is 11.5. The van der Waals surface area contributed by atoms with Crippen molar-refractivity contribution in [1.82, 2.24) is 15.0 Å². The predicted molar refractivity (Wildman–Crippen MR) is 74.8 cm³/mol. The summed E-state index contributed by atoms with van der Waals surface area (Å²) >= 11 is 0. The summed E-state index contributed by atoms with van der Waals surface area (Å²) < 4.78 is 7.14. The maximum Gasteiger partial charge on any atom is 0.242 e. The molecule has 2 heterocycles. The van der Waals surface area contributed by atoms with Gasteiger partial charge in [0.1, 0.15) is 17.5 Å². The number of aryl methyl sites for hydroxylation is 1. The van der Waals surface area contributed by atoms with Gasteiger partial charge in [0, 0.05) is 6.42 Å². The first-order chi connectivity index (χ1) is 9.51. The van der Waals surface area contributed by atoms with Crippen LogP contribution < -0.4 is 5.73 Å². The van der Waals surface area contributed by atoms with E-state index in [0.29, 0.717) is 23.8 Å². The zero-order valence-corrected chi connectivity index (χ0v) is 12.0. The van der Waals surface area contributed by atoms with E-state index < -0.39 is 11.9 Å². The monoisotopic (exact) mass is 276 g/mol. The van der Waals surface area contributed by atoms with E-state index in [1.54, 1.807) is 6.20 Å². The fraction of sp³-hybridized carbons (Fsp3) is 0.500. The standard InChI is InChI=1S/C14H20N4O2/c1-4-10-5-6-13(20-10)11-8-18(17-16-11)12(14(15)19)7-9(2)3/h5-6,8-9,12H,4,7H2,1-3H3,(H2,15,19)/t12-/m0/s1. The molecule has 0 aliphatic heterocycles. The molecule has 2 rings (SSSR count). The number of carbonyl (C=O) groups is 1. The highest BCUT2D eigenvalue weighted by Crippen LogP contribution is 2.22. The van der Waals surface area contributed by atoms with E-state index in [1.807, 2.05) is 32.9 Å². The minimum Gasteiger partial charge on any atom is -0.459 e. The van der Waals surface area contributed by atoms with Gasteiger partial charge in [0.15, 0.2) is 5.76 Å². The first-order valence-electron chi connectivity index (χ1n) is 6.81. The molecule has 0 unspecified atom stereocenters. The van der Waals surface area contributed by atoms with Gasteiger partial charge >= 0.3 is 0 Å². The Hall–Kier alpha value is -2.11. The summed E-state index contributed by atoms with van der Waals surface area (Å²) in [6.07, 6.45) is 3.16. The second-order valence-electron chi connectivity index (χ2n) is 5.25. The van der Waals surface area contributed by atoms with Crippen molar-refractivity contribution in [2.45, 2.75) is 39.7 Å². The second-order valence-corrected chi connectivity index (χ2v) is 5.25. The maximum atomic E-state index is 11.5. The lowest BCUT2D eigenvalue weighted by molar-refractivity contribution is -0.121. The number of hydrogen-bond acceptors (Lipinski definition) is 4. The van der Waals surface area contributed by atoms with E-state index in [9.17, 15) is 4.79 Å². The van der Waals surface area contributed by atoms with E-state index in [-0.39, 0.29) is 0 Å². The van der Waals surface area contributed by atoms with Crippen LogP contribution in [-0.4, -0.2) is 20.9 Å². The highest BCUT2D eigenvalue weighted by Gasteiger charge is 2.21. The first kappa shape index (κ1) is 14.3.